The van der Waals surface area contributed by atoms with Crippen molar-refractivity contribution in [1.29, 1.82) is 0 Å². The Hall–Kier alpha value is -3.00. The smallest absolute Gasteiger partial charge is 0.416 e. The van der Waals surface area contributed by atoms with Gasteiger partial charge in [0.05, 0.1) is 11.3 Å². The van der Waals surface area contributed by atoms with Crippen molar-refractivity contribution in [3.8, 4) is 11.1 Å². The summed E-state index contributed by atoms with van der Waals surface area (Å²) >= 11 is 0. The Labute approximate surface area is 165 Å². The predicted molar refractivity (Wildman–Crippen MR) is 101 cm³/mol. The Morgan fingerprint density at radius 2 is 1.69 bits per heavy atom. The molecule has 0 amide bonds. The molecule has 4 aromatic rings. The molecule has 0 fully saturated rings. The molecule has 0 aliphatic rings. The Balaban J connectivity index is 1.58. The van der Waals surface area contributed by atoms with Gasteiger partial charge in [0, 0.05) is 5.56 Å². The molecule has 0 N–H and O–H groups in total. The maximum absolute atomic E-state index is 14.0. The lowest BCUT2D eigenvalue weighted by molar-refractivity contribution is -0.137. The summed E-state index contributed by atoms with van der Waals surface area (Å²) < 4.78 is 70.0. The number of halogens is 4. The summed E-state index contributed by atoms with van der Waals surface area (Å²) in [5.74, 6) is -0.414. The number of aromatic nitrogens is 1. The summed E-state index contributed by atoms with van der Waals surface area (Å²) in [5, 5.41) is -0.0365. The van der Waals surface area contributed by atoms with E-state index in [0.717, 1.165) is 12.1 Å². The fourth-order valence-electron chi connectivity index (χ4n) is 2.87. The molecule has 3 nitrogen and oxygen atoms in total. The van der Waals surface area contributed by atoms with E-state index in [4.69, 9.17) is 4.42 Å². The fourth-order valence-corrected chi connectivity index (χ4v) is 3.87. The molecule has 0 spiro atoms. The molecular weight excluding hydrogens is 406 g/mol. The molecule has 0 saturated heterocycles. The molecule has 0 aliphatic carbocycles. The zero-order valence-electron chi connectivity index (χ0n) is 14.7. The van der Waals surface area contributed by atoms with Crippen LogP contribution in [0.4, 0.5) is 17.6 Å². The van der Waals surface area contributed by atoms with Crippen molar-refractivity contribution >= 4 is 21.9 Å². The fraction of sp³-hybridized carbons (Fsp3) is 0.0952. The highest BCUT2D eigenvalue weighted by Gasteiger charge is 2.30. The summed E-state index contributed by atoms with van der Waals surface area (Å²) in [7, 11) is -1.68. The number of hydrogen-bond donors (Lipinski definition) is 0. The summed E-state index contributed by atoms with van der Waals surface area (Å²) in [6.45, 7) is 0. The van der Waals surface area contributed by atoms with Crippen molar-refractivity contribution < 1.29 is 26.2 Å². The van der Waals surface area contributed by atoms with E-state index in [2.05, 4.69) is 4.98 Å². The third kappa shape index (κ3) is 4.07. The SMILES string of the molecule is O=S(Cc1ccc(C(F)(F)F)cc1)c1nc2ccc(-c3ccccc3F)cc2o1. The van der Waals surface area contributed by atoms with E-state index in [1.807, 2.05) is 0 Å². The van der Waals surface area contributed by atoms with E-state index in [1.54, 1.807) is 36.4 Å². The second kappa shape index (κ2) is 7.44. The van der Waals surface area contributed by atoms with Crippen LogP contribution in [-0.4, -0.2) is 9.19 Å². The van der Waals surface area contributed by atoms with Gasteiger partial charge in [-0.25, -0.2) is 13.6 Å². The van der Waals surface area contributed by atoms with Crippen molar-refractivity contribution in [3.63, 3.8) is 0 Å². The average Bonchev–Trinajstić information content (AvgIpc) is 3.11. The van der Waals surface area contributed by atoms with Gasteiger partial charge >= 0.3 is 6.18 Å². The third-order valence-corrected chi connectivity index (χ3v) is 5.49. The van der Waals surface area contributed by atoms with Crippen LogP contribution in [0, 0.1) is 5.82 Å². The van der Waals surface area contributed by atoms with E-state index in [0.29, 0.717) is 27.8 Å². The van der Waals surface area contributed by atoms with Crippen LogP contribution in [0.2, 0.25) is 0 Å². The van der Waals surface area contributed by atoms with E-state index in [9.17, 15) is 21.8 Å². The van der Waals surface area contributed by atoms with Gasteiger partial charge in [0.25, 0.3) is 5.22 Å². The molecule has 148 valence electrons. The zero-order valence-corrected chi connectivity index (χ0v) is 15.6. The van der Waals surface area contributed by atoms with Crippen LogP contribution < -0.4 is 0 Å². The van der Waals surface area contributed by atoms with E-state index in [-0.39, 0.29) is 16.8 Å². The van der Waals surface area contributed by atoms with Gasteiger partial charge in [-0.2, -0.15) is 13.2 Å². The Kier molecular flexibility index (Phi) is 4.96. The highest BCUT2D eigenvalue weighted by molar-refractivity contribution is 7.84. The number of alkyl halides is 3. The van der Waals surface area contributed by atoms with E-state index < -0.39 is 22.5 Å². The van der Waals surface area contributed by atoms with Gasteiger partial charge in [0.1, 0.15) is 22.1 Å². The molecule has 1 unspecified atom stereocenters. The highest BCUT2D eigenvalue weighted by Crippen LogP contribution is 2.30. The molecule has 1 heterocycles. The molecule has 0 aliphatic heterocycles. The lowest BCUT2D eigenvalue weighted by atomic mass is 10.1. The largest absolute Gasteiger partial charge is 0.430 e. The molecule has 0 radical (unpaired) electrons. The maximum atomic E-state index is 14.0. The standard InChI is InChI=1S/C21H13F4NO2S/c22-17-4-2-1-3-16(17)14-7-10-18-19(11-14)28-20(26-18)29(27)12-13-5-8-15(9-6-13)21(23,24)25/h1-11H,12H2. The van der Waals surface area contributed by atoms with Crippen molar-refractivity contribution in [2.45, 2.75) is 17.2 Å². The molecule has 0 saturated carbocycles. The number of hydrogen-bond acceptors (Lipinski definition) is 3. The molecule has 0 bridgehead atoms. The van der Waals surface area contributed by atoms with Gasteiger partial charge in [0.2, 0.25) is 0 Å². The van der Waals surface area contributed by atoms with Gasteiger partial charge < -0.3 is 4.42 Å². The third-order valence-electron chi connectivity index (χ3n) is 4.33. The number of nitrogens with zero attached hydrogens (tertiary/aromatic N) is 1. The monoisotopic (exact) mass is 419 g/mol. The van der Waals surface area contributed by atoms with Crippen LogP contribution in [0.15, 0.2) is 76.4 Å². The second-order valence-electron chi connectivity index (χ2n) is 6.33. The molecule has 29 heavy (non-hydrogen) atoms. The summed E-state index contributed by atoms with van der Waals surface area (Å²) in [5.41, 5.74) is 1.49. The first-order valence-corrected chi connectivity index (χ1v) is 9.83. The first kappa shape index (κ1) is 19.3. The number of fused-ring (bicyclic) bond motifs is 1. The topological polar surface area (TPSA) is 43.1 Å². The first-order chi connectivity index (χ1) is 13.8. The van der Waals surface area contributed by atoms with Gasteiger partial charge in [-0.3, -0.25) is 0 Å². The van der Waals surface area contributed by atoms with Gasteiger partial charge in [-0.1, -0.05) is 36.4 Å². The van der Waals surface area contributed by atoms with Crippen molar-refractivity contribution in [1.82, 2.24) is 4.98 Å². The van der Waals surface area contributed by atoms with Crippen LogP contribution in [0.1, 0.15) is 11.1 Å². The van der Waals surface area contributed by atoms with E-state index in [1.165, 1.54) is 18.2 Å². The van der Waals surface area contributed by atoms with Crippen molar-refractivity contribution in [3.05, 3.63) is 83.7 Å². The van der Waals surface area contributed by atoms with Gasteiger partial charge in [-0.15, -0.1) is 0 Å². The van der Waals surface area contributed by atoms with Crippen molar-refractivity contribution in [2.24, 2.45) is 0 Å². The molecule has 1 atom stereocenters. The number of rotatable bonds is 4. The normalized spacial score (nSPS) is 13.0. The minimum Gasteiger partial charge on any atom is -0.430 e. The van der Waals surface area contributed by atoms with Crippen LogP contribution in [-0.2, 0) is 22.7 Å². The Bertz CT molecular complexity index is 1200. The van der Waals surface area contributed by atoms with Crippen LogP contribution >= 0.6 is 0 Å². The molecular formula is C21H13F4NO2S. The summed E-state index contributed by atoms with van der Waals surface area (Å²) in [6.07, 6.45) is -4.42. The zero-order chi connectivity index (χ0) is 20.6. The van der Waals surface area contributed by atoms with Gasteiger partial charge in [-0.05, 0) is 41.5 Å². The molecule has 3 aromatic carbocycles. The molecule has 8 heteroatoms. The maximum Gasteiger partial charge on any atom is 0.416 e. The van der Waals surface area contributed by atoms with Crippen molar-refractivity contribution in [2.75, 3.05) is 0 Å². The average molecular weight is 419 g/mol. The number of benzene rings is 3. The molecule has 4 rings (SSSR count). The lowest BCUT2D eigenvalue weighted by Gasteiger charge is -2.06. The summed E-state index contributed by atoms with van der Waals surface area (Å²) in [6, 6.07) is 15.7. The van der Waals surface area contributed by atoms with Gasteiger partial charge in [0.15, 0.2) is 5.58 Å². The quantitative estimate of drug-likeness (QED) is 0.383. The Morgan fingerprint density at radius 3 is 2.38 bits per heavy atom. The van der Waals surface area contributed by atoms with Crippen LogP contribution in [0.5, 0.6) is 0 Å². The summed E-state index contributed by atoms with van der Waals surface area (Å²) in [4.78, 5) is 4.18. The number of oxazole rings is 1. The first-order valence-electron chi connectivity index (χ1n) is 8.51. The minimum absolute atomic E-state index is 0.0365. The predicted octanol–water partition coefficient (Wildman–Crippen LogP) is 5.96. The second-order valence-corrected chi connectivity index (χ2v) is 7.66. The Morgan fingerprint density at radius 1 is 0.966 bits per heavy atom. The minimum atomic E-state index is -4.42. The lowest BCUT2D eigenvalue weighted by Crippen LogP contribution is -2.05. The van der Waals surface area contributed by atoms with Crippen LogP contribution in [0.3, 0.4) is 0 Å². The van der Waals surface area contributed by atoms with E-state index >= 15 is 0 Å². The van der Waals surface area contributed by atoms with Crippen LogP contribution in [0.25, 0.3) is 22.2 Å². The molecule has 1 aromatic heterocycles. The highest BCUT2D eigenvalue weighted by atomic mass is 32.2.